The number of nitrogens with zero attached hydrogens (tertiary/aromatic N) is 2. The Morgan fingerprint density at radius 1 is 0.938 bits per heavy atom. The van der Waals surface area contributed by atoms with Crippen molar-refractivity contribution in [3.63, 3.8) is 0 Å². The van der Waals surface area contributed by atoms with Gasteiger partial charge in [-0.2, -0.15) is 10.1 Å². The van der Waals surface area contributed by atoms with E-state index >= 15 is 0 Å². The summed E-state index contributed by atoms with van der Waals surface area (Å²) in [5, 5.41) is 6.82. The van der Waals surface area contributed by atoms with E-state index in [4.69, 9.17) is 32.7 Å². The number of hydrazone groups is 1. The largest absolute Gasteiger partial charge is 0.460 e. The molecule has 4 rings (SSSR count). The van der Waals surface area contributed by atoms with Crippen LogP contribution in [0.25, 0.3) is 0 Å². The maximum atomic E-state index is 12.6. The fraction of sp³-hybridized carbons (Fsp3) is 0.125. The molecular formula is C24H18Cl2N2O4. The maximum Gasteiger partial charge on any atom is 0.431 e. The van der Waals surface area contributed by atoms with Gasteiger partial charge in [-0.05, 0) is 42.0 Å². The summed E-state index contributed by atoms with van der Waals surface area (Å²) in [6.45, 7) is 0.00761. The lowest BCUT2D eigenvalue weighted by Crippen LogP contribution is -2.39. The molecule has 1 amide bonds. The molecule has 6 nitrogen and oxygen atoms in total. The number of carbonyl (C=O) groups is 2. The van der Waals surface area contributed by atoms with E-state index in [-0.39, 0.29) is 13.2 Å². The SMILES string of the molecule is O=C(OCCN1N=C(c2ccc(Cl)cc2)C(c2ccc(Cl)cc2)OC1=O)c1ccccc1. The summed E-state index contributed by atoms with van der Waals surface area (Å²) in [4.78, 5) is 24.8. The normalized spacial score (nSPS) is 15.7. The summed E-state index contributed by atoms with van der Waals surface area (Å²) in [7, 11) is 0. The van der Waals surface area contributed by atoms with Gasteiger partial charge in [-0.1, -0.05) is 65.7 Å². The quantitative estimate of drug-likeness (QED) is 0.432. The van der Waals surface area contributed by atoms with Crippen molar-refractivity contribution < 1.29 is 19.1 Å². The zero-order valence-electron chi connectivity index (χ0n) is 16.8. The topological polar surface area (TPSA) is 68.2 Å². The third kappa shape index (κ3) is 5.10. The zero-order chi connectivity index (χ0) is 22.5. The Hall–Kier alpha value is -3.35. The van der Waals surface area contributed by atoms with Crippen LogP contribution in [0.1, 0.15) is 27.6 Å². The van der Waals surface area contributed by atoms with Gasteiger partial charge >= 0.3 is 12.1 Å². The Kier molecular flexibility index (Phi) is 6.73. The van der Waals surface area contributed by atoms with Crippen molar-refractivity contribution in [2.45, 2.75) is 6.10 Å². The molecular weight excluding hydrogens is 451 g/mol. The van der Waals surface area contributed by atoms with E-state index in [0.29, 0.717) is 21.3 Å². The molecule has 162 valence electrons. The molecule has 0 saturated carbocycles. The molecule has 3 aromatic rings. The van der Waals surface area contributed by atoms with Crippen LogP contribution in [0.2, 0.25) is 10.0 Å². The lowest BCUT2D eigenvalue weighted by Gasteiger charge is -2.30. The summed E-state index contributed by atoms with van der Waals surface area (Å²) >= 11 is 12.0. The predicted octanol–water partition coefficient (Wildman–Crippen LogP) is 5.75. The van der Waals surface area contributed by atoms with Crippen LogP contribution < -0.4 is 0 Å². The number of hydrogen-bond donors (Lipinski definition) is 0. The van der Waals surface area contributed by atoms with Gasteiger partial charge in [-0.25, -0.2) is 9.59 Å². The van der Waals surface area contributed by atoms with Crippen LogP contribution in [-0.2, 0) is 9.47 Å². The molecule has 0 fully saturated rings. The van der Waals surface area contributed by atoms with Crippen molar-refractivity contribution in [1.29, 1.82) is 0 Å². The van der Waals surface area contributed by atoms with Crippen LogP contribution in [0, 0.1) is 0 Å². The van der Waals surface area contributed by atoms with E-state index in [9.17, 15) is 9.59 Å². The van der Waals surface area contributed by atoms with E-state index in [1.807, 2.05) is 6.07 Å². The molecule has 8 heteroatoms. The van der Waals surface area contributed by atoms with Crippen molar-refractivity contribution >= 4 is 41.0 Å². The van der Waals surface area contributed by atoms with Crippen molar-refractivity contribution in [2.24, 2.45) is 5.10 Å². The Morgan fingerprint density at radius 3 is 2.22 bits per heavy atom. The molecule has 0 aromatic heterocycles. The second-order valence-corrected chi connectivity index (χ2v) is 7.81. The highest BCUT2D eigenvalue weighted by atomic mass is 35.5. The first-order valence-electron chi connectivity index (χ1n) is 9.81. The molecule has 0 spiro atoms. The van der Waals surface area contributed by atoms with Gasteiger partial charge in [0.15, 0.2) is 6.10 Å². The van der Waals surface area contributed by atoms with Crippen molar-refractivity contribution in [3.8, 4) is 0 Å². The smallest absolute Gasteiger partial charge is 0.431 e. The minimum Gasteiger partial charge on any atom is -0.460 e. The molecule has 1 atom stereocenters. The first-order valence-corrected chi connectivity index (χ1v) is 10.6. The lowest BCUT2D eigenvalue weighted by atomic mass is 9.98. The fourth-order valence-corrected chi connectivity index (χ4v) is 3.41. The molecule has 0 aliphatic carbocycles. The average Bonchev–Trinajstić information content (AvgIpc) is 2.81. The number of esters is 1. The second-order valence-electron chi connectivity index (χ2n) is 6.93. The van der Waals surface area contributed by atoms with Gasteiger partial charge in [0.1, 0.15) is 12.3 Å². The summed E-state index contributed by atoms with van der Waals surface area (Å²) in [5.41, 5.74) is 2.43. The highest BCUT2D eigenvalue weighted by Crippen LogP contribution is 2.29. The molecule has 0 N–H and O–H groups in total. The number of ether oxygens (including phenoxy) is 2. The molecule has 0 saturated heterocycles. The van der Waals surface area contributed by atoms with Gasteiger partial charge in [0.05, 0.1) is 12.1 Å². The van der Waals surface area contributed by atoms with Gasteiger partial charge in [0.2, 0.25) is 0 Å². The Balaban J connectivity index is 1.55. The minimum atomic E-state index is -0.718. The van der Waals surface area contributed by atoms with Crippen LogP contribution in [-0.4, -0.2) is 35.9 Å². The molecule has 1 unspecified atom stereocenters. The number of hydrogen-bond acceptors (Lipinski definition) is 5. The van der Waals surface area contributed by atoms with Gasteiger partial charge in [0, 0.05) is 15.6 Å². The Morgan fingerprint density at radius 2 is 1.56 bits per heavy atom. The van der Waals surface area contributed by atoms with Crippen LogP contribution in [0.3, 0.4) is 0 Å². The summed E-state index contributed by atoms with van der Waals surface area (Å²) in [6, 6.07) is 22.7. The van der Waals surface area contributed by atoms with Crippen molar-refractivity contribution in [3.05, 3.63) is 106 Å². The van der Waals surface area contributed by atoms with E-state index in [0.717, 1.165) is 16.1 Å². The van der Waals surface area contributed by atoms with Crippen LogP contribution in [0.5, 0.6) is 0 Å². The van der Waals surface area contributed by atoms with E-state index < -0.39 is 18.2 Å². The van der Waals surface area contributed by atoms with Gasteiger partial charge in [-0.15, -0.1) is 0 Å². The number of halogens is 2. The summed E-state index contributed by atoms with van der Waals surface area (Å²) in [6.07, 6.45) is -1.36. The monoisotopic (exact) mass is 468 g/mol. The Labute approximate surface area is 195 Å². The summed E-state index contributed by atoms with van der Waals surface area (Å²) in [5.74, 6) is -0.475. The van der Waals surface area contributed by atoms with Crippen molar-refractivity contribution in [2.75, 3.05) is 13.2 Å². The highest BCUT2D eigenvalue weighted by Gasteiger charge is 2.33. The predicted molar refractivity (Wildman–Crippen MR) is 122 cm³/mol. The summed E-state index contributed by atoms with van der Waals surface area (Å²) < 4.78 is 11.0. The van der Waals surface area contributed by atoms with E-state index in [2.05, 4.69) is 5.10 Å². The number of rotatable bonds is 6. The van der Waals surface area contributed by atoms with Crippen LogP contribution in [0.4, 0.5) is 4.79 Å². The second kappa shape index (κ2) is 9.85. The number of amides is 1. The molecule has 1 heterocycles. The lowest BCUT2D eigenvalue weighted by molar-refractivity contribution is 0.0393. The number of carbonyl (C=O) groups excluding carboxylic acids is 2. The van der Waals surface area contributed by atoms with Crippen molar-refractivity contribution in [1.82, 2.24) is 5.01 Å². The average molecular weight is 469 g/mol. The standard InChI is InChI=1S/C24H18Cl2N2O4/c25-19-10-6-16(7-11-19)21-22(17-8-12-20(26)13-9-17)32-24(30)28(27-21)14-15-31-23(29)18-4-2-1-3-5-18/h1-13,22H,14-15H2. The van der Waals surface area contributed by atoms with Gasteiger partial charge < -0.3 is 9.47 Å². The molecule has 0 bridgehead atoms. The minimum absolute atomic E-state index is 0.0359. The first-order chi connectivity index (χ1) is 15.5. The van der Waals surface area contributed by atoms with Gasteiger partial charge in [-0.3, -0.25) is 0 Å². The molecule has 1 aliphatic rings. The zero-order valence-corrected chi connectivity index (χ0v) is 18.3. The van der Waals surface area contributed by atoms with E-state index in [1.54, 1.807) is 72.8 Å². The molecule has 32 heavy (non-hydrogen) atoms. The third-order valence-corrected chi connectivity index (χ3v) is 5.27. The number of cyclic esters (lactones) is 1. The number of benzene rings is 3. The molecule has 0 radical (unpaired) electrons. The maximum absolute atomic E-state index is 12.6. The molecule has 3 aromatic carbocycles. The van der Waals surface area contributed by atoms with Crippen LogP contribution in [0.15, 0.2) is 84.0 Å². The van der Waals surface area contributed by atoms with Gasteiger partial charge in [0.25, 0.3) is 0 Å². The van der Waals surface area contributed by atoms with E-state index in [1.165, 1.54) is 0 Å². The van der Waals surface area contributed by atoms with Crippen LogP contribution >= 0.6 is 23.2 Å². The first kappa shape index (κ1) is 21.9. The molecule has 1 aliphatic heterocycles. The highest BCUT2D eigenvalue weighted by molar-refractivity contribution is 6.31. The fourth-order valence-electron chi connectivity index (χ4n) is 3.16. The third-order valence-electron chi connectivity index (χ3n) is 4.76. The Bertz CT molecular complexity index is 1130.